The molecule has 1 aromatic carbocycles. The van der Waals surface area contributed by atoms with Gasteiger partial charge in [-0.1, -0.05) is 6.42 Å². The molecule has 3 aliphatic carbocycles. The zero-order chi connectivity index (χ0) is 10.4. The van der Waals surface area contributed by atoms with Gasteiger partial charge in [-0.3, -0.25) is 0 Å². The summed E-state index contributed by atoms with van der Waals surface area (Å²) in [5, 5.41) is 0. The van der Waals surface area contributed by atoms with Crippen molar-refractivity contribution in [2.45, 2.75) is 43.9 Å². The van der Waals surface area contributed by atoms with E-state index in [4.69, 9.17) is 0 Å². The standard InChI is InChI=1S/C13H14Br2/c14-12-6-10-8-2-1-3-9(5-4-8)11(10)7-13(12)15/h6-9H,1-5H2/t8-,9-/m0/s1. The highest BCUT2D eigenvalue weighted by Crippen LogP contribution is 2.48. The second-order valence-corrected chi connectivity index (χ2v) is 6.51. The molecule has 2 bridgehead atoms. The van der Waals surface area contributed by atoms with Crippen molar-refractivity contribution in [3.05, 3.63) is 32.2 Å². The number of rotatable bonds is 0. The minimum atomic E-state index is 0.836. The van der Waals surface area contributed by atoms with Crippen molar-refractivity contribution >= 4 is 31.9 Å². The molecule has 4 rings (SSSR count). The van der Waals surface area contributed by atoms with Crippen molar-refractivity contribution in [2.24, 2.45) is 0 Å². The predicted octanol–water partition coefficient (Wildman–Crippen LogP) is 5.36. The Morgan fingerprint density at radius 3 is 1.73 bits per heavy atom. The third-order valence-corrected chi connectivity index (χ3v) is 5.82. The third-order valence-electron chi connectivity index (χ3n) is 3.97. The minimum Gasteiger partial charge on any atom is -0.0521 e. The lowest BCUT2D eigenvalue weighted by Gasteiger charge is -2.27. The molecule has 0 spiro atoms. The van der Waals surface area contributed by atoms with Crippen LogP contribution in [0.1, 0.15) is 55.1 Å². The summed E-state index contributed by atoms with van der Waals surface area (Å²) >= 11 is 7.25. The fourth-order valence-corrected chi connectivity index (χ4v) is 3.93. The van der Waals surface area contributed by atoms with Crippen molar-refractivity contribution in [3.8, 4) is 0 Å². The van der Waals surface area contributed by atoms with Crippen LogP contribution in [0.5, 0.6) is 0 Å². The third kappa shape index (κ3) is 1.70. The highest BCUT2D eigenvalue weighted by molar-refractivity contribution is 9.13. The first-order valence-electron chi connectivity index (χ1n) is 5.74. The van der Waals surface area contributed by atoms with Gasteiger partial charge in [0.05, 0.1) is 0 Å². The molecule has 0 aliphatic heterocycles. The van der Waals surface area contributed by atoms with Crippen LogP contribution in [0.2, 0.25) is 0 Å². The van der Waals surface area contributed by atoms with Crippen LogP contribution in [0.3, 0.4) is 0 Å². The molecule has 1 aromatic rings. The maximum absolute atomic E-state index is 3.62. The van der Waals surface area contributed by atoms with E-state index in [1.54, 1.807) is 11.1 Å². The highest BCUT2D eigenvalue weighted by Gasteiger charge is 2.30. The first-order chi connectivity index (χ1) is 7.25. The predicted molar refractivity (Wildman–Crippen MR) is 70.4 cm³/mol. The average molecular weight is 330 g/mol. The molecule has 0 amide bonds. The van der Waals surface area contributed by atoms with E-state index in [2.05, 4.69) is 44.0 Å². The van der Waals surface area contributed by atoms with E-state index >= 15 is 0 Å². The molecule has 0 radical (unpaired) electrons. The van der Waals surface area contributed by atoms with Crippen molar-refractivity contribution in [3.63, 3.8) is 0 Å². The van der Waals surface area contributed by atoms with Gasteiger partial charge in [-0.25, -0.2) is 0 Å². The van der Waals surface area contributed by atoms with Gasteiger partial charge >= 0.3 is 0 Å². The minimum absolute atomic E-state index is 0.836. The summed E-state index contributed by atoms with van der Waals surface area (Å²) in [5.74, 6) is 1.67. The van der Waals surface area contributed by atoms with E-state index in [0.29, 0.717) is 0 Å². The van der Waals surface area contributed by atoms with Crippen LogP contribution in [-0.4, -0.2) is 0 Å². The Morgan fingerprint density at radius 2 is 1.27 bits per heavy atom. The van der Waals surface area contributed by atoms with E-state index in [-0.39, 0.29) is 0 Å². The Labute approximate surface area is 108 Å². The van der Waals surface area contributed by atoms with Gasteiger partial charge in [0.15, 0.2) is 0 Å². The molecule has 3 aliphatic rings. The largest absolute Gasteiger partial charge is 0.0521 e. The summed E-state index contributed by atoms with van der Waals surface area (Å²) < 4.78 is 2.43. The Balaban J connectivity index is 2.18. The summed E-state index contributed by atoms with van der Waals surface area (Å²) in [6.45, 7) is 0. The first kappa shape index (κ1) is 10.3. The fraction of sp³-hybridized carbons (Fsp3) is 0.538. The van der Waals surface area contributed by atoms with Crippen LogP contribution in [0.4, 0.5) is 0 Å². The van der Waals surface area contributed by atoms with Crippen LogP contribution >= 0.6 is 31.9 Å². The maximum Gasteiger partial charge on any atom is 0.0320 e. The lowest BCUT2D eigenvalue weighted by molar-refractivity contribution is 0.527. The molecule has 0 unspecified atom stereocenters. The number of hydrogen-bond donors (Lipinski definition) is 0. The van der Waals surface area contributed by atoms with Crippen LogP contribution in [0, 0.1) is 0 Å². The molecule has 2 heteroatoms. The maximum atomic E-state index is 3.62. The van der Waals surface area contributed by atoms with Gasteiger partial charge in [0.2, 0.25) is 0 Å². The number of fused-ring (bicyclic) bond motifs is 3. The van der Waals surface area contributed by atoms with E-state index in [1.807, 2.05) is 0 Å². The summed E-state index contributed by atoms with van der Waals surface area (Å²) in [7, 11) is 0. The Morgan fingerprint density at radius 1 is 0.800 bits per heavy atom. The van der Waals surface area contributed by atoms with Gasteiger partial charge < -0.3 is 0 Å². The second kappa shape index (κ2) is 3.89. The van der Waals surface area contributed by atoms with Crippen LogP contribution in [0.25, 0.3) is 0 Å². The van der Waals surface area contributed by atoms with Crippen molar-refractivity contribution in [1.82, 2.24) is 0 Å². The SMILES string of the molecule is Brc1cc2c(cc1Br)[C@H]1CCC[C@H]2CC1. The zero-order valence-electron chi connectivity index (χ0n) is 8.60. The van der Waals surface area contributed by atoms with E-state index in [9.17, 15) is 0 Å². The van der Waals surface area contributed by atoms with Crippen LogP contribution < -0.4 is 0 Å². The lowest BCUT2D eigenvalue weighted by Crippen LogP contribution is -2.10. The Hall–Kier alpha value is 0.180. The smallest absolute Gasteiger partial charge is 0.0320 e. The van der Waals surface area contributed by atoms with Gasteiger partial charge in [-0.05, 0) is 92.6 Å². The van der Waals surface area contributed by atoms with Gasteiger partial charge in [0.25, 0.3) is 0 Å². The molecule has 0 heterocycles. The molecular weight excluding hydrogens is 316 g/mol. The molecule has 0 aromatic heterocycles. The monoisotopic (exact) mass is 328 g/mol. The summed E-state index contributed by atoms with van der Waals surface area (Å²) in [6.07, 6.45) is 7.03. The van der Waals surface area contributed by atoms with Crippen LogP contribution in [-0.2, 0) is 0 Å². The molecule has 0 N–H and O–H groups in total. The Bertz CT molecular complexity index is 357. The molecule has 2 atom stereocenters. The van der Waals surface area contributed by atoms with Gasteiger partial charge in [-0.15, -0.1) is 0 Å². The zero-order valence-corrected chi connectivity index (χ0v) is 11.8. The summed E-state index contributed by atoms with van der Waals surface area (Å²) in [4.78, 5) is 0. The normalized spacial score (nSPS) is 28.7. The summed E-state index contributed by atoms with van der Waals surface area (Å²) in [5.41, 5.74) is 3.25. The van der Waals surface area contributed by atoms with E-state index < -0.39 is 0 Å². The van der Waals surface area contributed by atoms with Crippen molar-refractivity contribution < 1.29 is 0 Å². The first-order valence-corrected chi connectivity index (χ1v) is 7.33. The molecule has 80 valence electrons. The number of benzene rings is 1. The highest BCUT2D eigenvalue weighted by atomic mass is 79.9. The number of halogens is 2. The van der Waals surface area contributed by atoms with Crippen molar-refractivity contribution in [2.75, 3.05) is 0 Å². The molecule has 0 nitrogen and oxygen atoms in total. The summed E-state index contributed by atoms with van der Waals surface area (Å²) in [6, 6.07) is 4.70. The van der Waals surface area contributed by atoms with Gasteiger partial charge in [0, 0.05) is 8.95 Å². The fourth-order valence-electron chi connectivity index (χ4n) is 3.21. The van der Waals surface area contributed by atoms with Gasteiger partial charge in [0.1, 0.15) is 0 Å². The quantitative estimate of drug-likeness (QED) is 0.601. The van der Waals surface area contributed by atoms with Crippen LogP contribution in [0.15, 0.2) is 21.1 Å². The Kier molecular flexibility index (Phi) is 2.68. The molecule has 1 fully saturated rings. The topological polar surface area (TPSA) is 0 Å². The number of hydrogen-bond acceptors (Lipinski definition) is 0. The molecule has 0 saturated heterocycles. The van der Waals surface area contributed by atoms with Crippen molar-refractivity contribution in [1.29, 1.82) is 0 Å². The second-order valence-electron chi connectivity index (χ2n) is 4.80. The lowest BCUT2D eigenvalue weighted by atomic mass is 9.78. The van der Waals surface area contributed by atoms with E-state index in [1.165, 1.54) is 41.0 Å². The molecule has 1 saturated carbocycles. The van der Waals surface area contributed by atoms with E-state index in [0.717, 1.165) is 11.8 Å². The molecule has 15 heavy (non-hydrogen) atoms. The average Bonchev–Trinajstić information content (AvgIpc) is 2.53. The molecular formula is C13H14Br2. The van der Waals surface area contributed by atoms with Gasteiger partial charge in [-0.2, -0.15) is 0 Å².